The van der Waals surface area contributed by atoms with Crippen LogP contribution in [0.25, 0.3) is 16.6 Å². The van der Waals surface area contributed by atoms with E-state index in [-0.39, 0.29) is 29.4 Å². The summed E-state index contributed by atoms with van der Waals surface area (Å²) in [6.45, 7) is 5.08. The number of carbonyl (C=O) groups excluding carboxylic acids is 2. The number of ether oxygens (including phenoxy) is 1. The highest BCUT2D eigenvalue weighted by Gasteiger charge is 2.34. The summed E-state index contributed by atoms with van der Waals surface area (Å²) >= 11 is 0. The second-order valence-corrected chi connectivity index (χ2v) is 13.9. The van der Waals surface area contributed by atoms with E-state index in [1.54, 1.807) is 11.0 Å². The van der Waals surface area contributed by atoms with E-state index in [2.05, 4.69) is 35.0 Å². The van der Waals surface area contributed by atoms with Crippen LogP contribution >= 0.6 is 0 Å². The third kappa shape index (κ3) is 6.65. The van der Waals surface area contributed by atoms with Gasteiger partial charge < -0.3 is 24.2 Å². The predicted octanol–water partition coefficient (Wildman–Crippen LogP) is 7.14. The molecule has 0 unspecified atom stereocenters. The molecule has 1 atom stereocenters. The van der Waals surface area contributed by atoms with Gasteiger partial charge in [-0.3, -0.25) is 19.4 Å². The van der Waals surface area contributed by atoms with Gasteiger partial charge in [-0.05, 0) is 61.0 Å². The SMILES string of the molecule is COc1cc(-n2cc(C(=O)N(c3ccccc3)c3ccccc3)c3ccccc32)c(C(=O)N2Cc3ccccc3C[C@H]2CN2CCN(C)CC2)cc1O. The summed E-state index contributed by atoms with van der Waals surface area (Å²) in [7, 11) is 3.64. The highest BCUT2D eigenvalue weighted by molar-refractivity contribution is 6.17. The standard InChI is InChI=1S/C44H43N5O4/c1-45-21-23-46(24-22-45)29-35-25-31-13-9-10-14-32(31)28-47(35)43(51)37-26-41(50)42(53-2)27-40(37)48-30-38(36-19-11-12-20-39(36)48)44(52)49(33-15-5-3-6-16-33)34-17-7-4-8-18-34/h3-20,26-27,30,35,50H,21-25,28-29H2,1-2H3/t35-/m0/s1. The molecule has 0 spiro atoms. The smallest absolute Gasteiger partial charge is 0.265 e. The Hall–Kier alpha value is -5.90. The molecule has 3 heterocycles. The average molecular weight is 706 g/mol. The minimum Gasteiger partial charge on any atom is -0.504 e. The maximum Gasteiger partial charge on any atom is 0.265 e. The Kier molecular flexibility index (Phi) is 9.43. The molecule has 8 rings (SSSR count). The molecular formula is C44H43N5O4. The first-order chi connectivity index (χ1) is 25.9. The van der Waals surface area contributed by atoms with Crippen LogP contribution in [0.1, 0.15) is 31.8 Å². The average Bonchev–Trinajstić information content (AvgIpc) is 3.59. The van der Waals surface area contributed by atoms with Gasteiger partial charge in [0.05, 0.1) is 29.4 Å². The maximum absolute atomic E-state index is 15.1. The molecular weight excluding hydrogens is 663 g/mol. The zero-order chi connectivity index (χ0) is 36.5. The number of fused-ring (bicyclic) bond motifs is 2. The van der Waals surface area contributed by atoms with Crippen molar-refractivity contribution in [2.24, 2.45) is 0 Å². The molecule has 0 aliphatic carbocycles. The van der Waals surface area contributed by atoms with Crippen molar-refractivity contribution in [3.8, 4) is 17.2 Å². The molecule has 6 aromatic rings. The molecule has 268 valence electrons. The number of phenols is 1. The molecule has 9 heteroatoms. The molecule has 0 saturated carbocycles. The molecule has 0 radical (unpaired) electrons. The number of phenolic OH excluding ortho intramolecular Hbond substituents is 1. The predicted molar refractivity (Wildman–Crippen MR) is 209 cm³/mol. The highest BCUT2D eigenvalue weighted by atomic mass is 16.5. The van der Waals surface area contributed by atoms with Crippen molar-refractivity contribution in [1.29, 1.82) is 0 Å². The summed E-state index contributed by atoms with van der Waals surface area (Å²) in [6, 6.07) is 38.4. The number of aromatic nitrogens is 1. The van der Waals surface area contributed by atoms with Crippen molar-refractivity contribution in [2.75, 3.05) is 51.8 Å². The van der Waals surface area contributed by atoms with Crippen molar-refractivity contribution in [2.45, 2.75) is 19.0 Å². The number of rotatable bonds is 8. The lowest BCUT2D eigenvalue weighted by Gasteiger charge is -2.41. The van der Waals surface area contributed by atoms with E-state index in [4.69, 9.17) is 4.74 Å². The molecule has 1 saturated heterocycles. The Morgan fingerprint density at radius 1 is 0.774 bits per heavy atom. The van der Waals surface area contributed by atoms with Crippen LogP contribution in [0.15, 0.2) is 128 Å². The van der Waals surface area contributed by atoms with Crippen LogP contribution in [0, 0.1) is 0 Å². The van der Waals surface area contributed by atoms with Crippen LogP contribution in [0.3, 0.4) is 0 Å². The van der Waals surface area contributed by atoms with E-state index in [0.29, 0.717) is 23.4 Å². The van der Waals surface area contributed by atoms with Crippen LogP contribution in [0.5, 0.6) is 11.5 Å². The minimum atomic E-state index is -0.212. The van der Waals surface area contributed by atoms with E-state index >= 15 is 4.79 Å². The number of piperazine rings is 1. The van der Waals surface area contributed by atoms with Crippen LogP contribution in [-0.4, -0.2) is 89.1 Å². The number of hydrogen-bond donors (Lipinski definition) is 1. The van der Waals surface area contributed by atoms with E-state index in [9.17, 15) is 9.90 Å². The first-order valence-electron chi connectivity index (χ1n) is 18.1. The van der Waals surface area contributed by atoms with Crippen LogP contribution < -0.4 is 9.64 Å². The Balaban J connectivity index is 1.24. The Bertz CT molecular complexity index is 2220. The number of para-hydroxylation sites is 3. The van der Waals surface area contributed by atoms with E-state index in [0.717, 1.165) is 67.0 Å². The number of anilines is 2. The van der Waals surface area contributed by atoms with Crippen molar-refractivity contribution in [3.05, 3.63) is 150 Å². The molecule has 5 aromatic carbocycles. The van der Waals surface area contributed by atoms with Crippen molar-refractivity contribution in [1.82, 2.24) is 19.3 Å². The van der Waals surface area contributed by atoms with Crippen molar-refractivity contribution < 1.29 is 19.4 Å². The lowest BCUT2D eigenvalue weighted by atomic mass is 9.92. The molecule has 9 nitrogen and oxygen atoms in total. The molecule has 1 fully saturated rings. The molecule has 1 N–H and O–H groups in total. The second-order valence-electron chi connectivity index (χ2n) is 13.9. The first-order valence-corrected chi connectivity index (χ1v) is 18.1. The van der Waals surface area contributed by atoms with Gasteiger partial charge in [0.15, 0.2) is 11.5 Å². The van der Waals surface area contributed by atoms with Crippen LogP contribution in [0.2, 0.25) is 0 Å². The number of aromatic hydroxyl groups is 1. The quantitative estimate of drug-likeness (QED) is 0.182. The lowest BCUT2D eigenvalue weighted by Crippen LogP contribution is -2.53. The van der Waals surface area contributed by atoms with Gasteiger partial charge in [0, 0.05) is 74.3 Å². The highest BCUT2D eigenvalue weighted by Crippen LogP contribution is 2.38. The molecule has 53 heavy (non-hydrogen) atoms. The van der Waals surface area contributed by atoms with Crippen molar-refractivity contribution >= 4 is 34.1 Å². The van der Waals surface area contributed by atoms with Gasteiger partial charge in [-0.25, -0.2) is 0 Å². The summed E-state index contributed by atoms with van der Waals surface area (Å²) in [5, 5.41) is 11.9. The van der Waals surface area contributed by atoms with Crippen molar-refractivity contribution in [3.63, 3.8) is 0 Å². The topological polar surface area (TPSA) is 81.5 Å². The zero-order valence-electron chi connectivity index (χ0n) is 30.1. The number of hydrogen-bond acceptors (Lipinski definition) is 6. The van der Waals surface area contributed by atoms with Crippen LogP contribution in [0.4, 0.5) is 11.4 Å². The fourth-order valence-corrected chi connectivity index (χ4v) is 7.77. The summed E-state index contributed by atoms with van der Waals surface area (Å²) < 4.78 is 7.50. The number of benzene rings is 5. The third-order valence-electron chi connectivity index (χ3n) is 10.6. The fourth-order valence-electron chi connectivity index (χ4n) is 7.77. The number of likely N-dealkylation sites (N-methyl/N-ethyl adjacent to an activating group) is 1. The van der Waals surface area contributed by atoms with Gasteiger partial charge in [0.1, 0.15) is 0 Å². The number of amides is 2. The Labute approximate surface area is 309 Å². The second kappa shape index (κ2) is 14.6. The Morgan fingerprint density at radius 2 is 1.40 bits per heavy atom. The van der Waals surface area contributed by atoms with Gasteiger partial charge in [0.25, 0.3) is 11.8 Å². The molecule has 1 aromatic heterocycles. The summed E-state index contributed by atoms with van der Waals surface area (Å²) in [5.74, 6) is -0.293. The molecule has 0 bridgehead atoms. The zero-order valence-corrected chi connectivity index (χ0v) is 30.1. The van der Waals surface area contributed by atoms with E-state index in [1.165, 1.54) is 18.7 Å². The normalized spacial score (nSPS) is 16.3. The largest absolute Gasteiger partial charge is 0.504 e. The molecule has 2 amide bonds. The Morgan fingerprint density at radius 3 is 2.08 bits per heavy atom. The van der Waals surface area contributed by atoms with Gasteiger partial charge >= 0.3 is 0 Å². The van der Waals surface area contributed by atoms with Crippen LogP contribution in [-0.2, 0) is 13.0 Å². The molecule has 2 aliphatic heterocycles. The number of carbonyl (C=O) groups is 2. The summed E-state index contributed by atoms with van der Waals surface area (Å²) in [5.41, 5.74) is 5.91. The fraction of sp³-hybridized carbons (Fsp3) is 0.227. The monoisotopic (exact) mass is 705 g/mol. The maximum atomic E-state index is 15.1. The van der Waals surface area contributed by atoms with Gasteiger partial charge in [-0.1, -0.05) is 78.9 Å². The summed E-state index contributed by atoms with van der Waals surface area (Å²) in [6.07, 6.45) is 2.55. The third-order valence-corrected chi connectivity index (χ3v) is 10.6. The molecule has 2 aliphatic rings. The van der Waals surface area contributed by atoms with Gasteiger partial charge in [0.2, 0.25) is 0 Å². The van der Waals surface area contributed by atoms with Gasteiger partial charge in [-0.15, -0.1) is 0 Å². The summed E-state index contributed by atoms with van der Waals surface area (Å²) in [4.78, 5) is 38.3. The van der Waals surface area contributed by atoms with E-state index in [1.807, 2.05) is 107 Å². The van der Waals surface area contributed by atoms with E-state index < -0.39 is 0 Å². The number of nitrogens with zero attached hydrogens (tertiary/aromatic N) is 5. The van der Waals surface area contributed by atoms with Gasteiger partial charge in [-0.2, -0.15) is 0 Å². The first kappa shape index (κ1) is 34.2. The number of methoxy groups -OCH3 is 1. The minimum absolute atomic E-state index is 0.0678. The lowest BCUT2D eigenvalue weighted by molar-refractivity contribution is 0.0535.